The van der Waals surface area contributed by atoms with Gasteiger partial charge in [-0.15, -0.1) is 0 Å². The van der Waals surface area contributed by atoms with E-state index in [0.29, 0.717) is 10.2 Å². The summed E-state index contributed by atoms with van der Waals surface area (Å²) in [7, 11) is 0. The van der Waals surface area contributed by atoms with Gasteiger partial charge in [0.2, 0.25) is 5.88 Å². The van der Waals surface area contributed by atoms with Gasteiger partial charge in [-0.05, 0) is 40.5 Å². The first-order valence-electron chi connectivity index (χ1n) is 5.03. The Labute approximate surface area is 117 Å². The van der Waals surface area contributed by atoms with E-state index < -0.39 is 5.82 Å². The third-order valence-electron chi connectivity index (χ3n) is 2.39. The smallest absolute Gasteiger partial charge is 0.234 e. The van der Waals surface area contributed by atoms with Gasteiger partial charge in [0.25, 0.3) is 0 Å². The van der Waals surface area contributed by atoms with Gasteiger partial charge < -0.3 is 10.5 Å². The van der Waals surface area contributed by atoms with Crippen LogP contribution in [0.2, 0.25) is 5.02 Å². The van der Waals surface area contributed by atoms with E-state index >= 15 is 0 Å². The highest BCUT2D eigenvalue weighted by molar-refractivity contribution is 9.10. The van der Waals surface area contributed by atoms with Gasteiger partial charge in [0.05, 0.1) is 21.4 Å². The van der Waals surface area contributed by atoms with Crippen LogP contribution in [0.1, 0.15) is 5.56 Å². The molecule has 94 valence electrons. The predicted molar refractivity (Wildman–Crippen MR) is 72.6 cm³/mol. The Morgan fingerprint density at radius 2 is 2.17 bits per heavy atom. The molecule has 2 aromatic rings. The molecule has 2 N–H and O–H groups in total. The second kappa shape index (κ2) is 5.12. The van der Waals surface area contributed by atoms with Crippen molar-refractivity contribution in [1.82, 2.24) is 4.98 Å². The molecule has 0 radical (unpaired) electrons. The second-order valence-electron chi connectivity index (χ2n) is 3.61. The van der Waals surface area contributed by atoms with Crippen molar-refractivity contribution < 1.29 is 9.13 Å². The first kappa shape index (κ1) is 13.1. The highest BCUT2D eigenvalue weighted by Gasteiger charge is 2.13. The average Bonchev–Trinajstić information content (AvgIpc) is 2.35. The van der Waals surface area contributed by atoms with Crippen molar-refractivity contribution in [2.75, 3.05) is 5.73 Å². The fourth-order valence-corrected chi connectivity index (χ4v) is 1.89. The SMILES string of the molecule is Cc1c(N)cnc(Oc2cccc(Cl)c2F)c1Br. The summed E-state index contributed by atoms with van der Waals surface area (Å²) in [6.45, 7) is 1.81. The molecule has 0 saturated heterocycles. The van der Waals surface area contributed by atoms with E-state index in [0.717, 1.165) is 5.56 Å². The lowest BCUT2D eigenvalue weighted by Gasteiger charge is -2.10. The number of nitrogens with zero attached hydrogens (tertiary/aromatic N) is 1. The average molecular weight is 332 g/mol. The zero-order chi connectivity index (χ0) is 13.3. The molecule has 0 aliphatic rings. The highest BCUT2D eigenvalue weighted by Crippen LogP contribution is 2.34. The molecule has 0 atom stereocenters. The highest BCUT2D eigenvalue weighted by atomic mass is 79.9. The van der Waals surface area contributed by atoms with Crippen LogP contribution in [0.5, 0.6) is 11.6 Å². The zero-order valence-corrected chi connectivity index (χ0v) is 11.7. The molecular formula is C12H9BrClFN2O. The number of nitrogen functional groups attached to an aromatic ring is 1. The summed E-state index contributed by atoms with van der Waals surface area (Å²) in [5.41, 5.74) is 7.00. The Morgan fingerprint density at radius 3 is 2.89 bits per heavy atom. The van der Waals surface area contributed by atoms with Crippen LogP contribution < -0.4 is 10.5 Å². The number of rotatable bonds is 2. The molecule has 2 rings (SSSR count). The van der Waals surface area contributed by atoms with Crippen molar-refractivity contribution in [2.24, 2.45) is 0 Å². The van der Waals surface area contributed by atoms with Gasteiger partial charge in [-0.25, -0.2) is 9.37 Å². The van der Waals surface area contributed by atoms with Crippen LogP contribution in [0.4, 0.5) is 10.1 Å². The van der Waals surface area contributed by atoms with Crippen LogP contribution >= 0.6 is 27.5 Å². The minimum absolute atomic E-state index is 0.00390. The zero-order valence-electron chi connectivity index (χ0n) is 9.38. The Bertz CT molecular complexity index is 607. The lowest BCUT2D eigenvalue weighted by atomic mass is 10.2. The fraction of sp³-hybridized carbons (Fsp3) is 0.0833. The number of benzene rings is 1. The first-order chi connectivity index (χ1) is 8.50. The number of halogens is 3. The summed E-state index contributed by atoms with van der Waals surface area (Å²) in [4.78, 5) is 4.00. The van der Waals surface area contributed by atoms with Gasteiger partial charge in [0.1, 0.15) is 0 Å². The lowest BCUT2D eigenvalue weighted by Crippen LogP contribution is -1.97. The normalized spacial score (nSPS) is 10.4. The Kier molecular flexibility index (Phi) is 3.73. The molecule has 0 amide bonds. The third kappa shape index (κ3) is 2.42. The number of pyridine rings is 1. The van der Waals surface area contributed by atoms with Gasteiger partial charge in [-0.1, -0.05) is 17.7 Å². The molecule has 0 aliphatic carbocycles. The van der Waals surface area contributed by atoms with Gasteiger partial charge in [0.15, 0.2) is 11.6 Å². The van der Waals surface area contributed by atoms with Crippen LogP contribution in [0.25, 0.3) is 0 Å². The van der Waals surface area contributed by atoms with E-state index in [4.69, 9.17) is 22.1 Å². The van der Waals surface area contributed by atoms with Crippen molar-refractivity contribution in [2.45, 2.75) is 6.92 Å². The maximum absolute atomic E-state index is 13.7. The molecule has 0 spiro atoms. The number of hydrogen-bond acceptors (Lipinski definition) is 3. The fourth-order valence-electron chi connectivity index (χ4n) is 1.31. The molecule has 1 aromatic heterocycles. The largest absolute Gasteiger partial charge is 0.435 e. The number of aromatic nitrogens is 1. The Morgan fingerprint density at radius 1 is 1.44 bits per heavy atom. The van der Waals surface area contributed by atoms with E-state index in [1.807, 2.05) is 6.92 Å². The number of nitrogens with two attached hydrogens (primary N) is 1. The topological polar surface area (TPSA) is 48.1 Å². The number of ether oxygens (including phenoxy) is 1. The van der Waals surface area contributed by atoms with E-state index in [1.54, 1.807) is 6.07 Å². The molecule has 18 heavy (non-hydrogen) atoms. The minimum Gasteiger partial charge on any atom is -0.435 e. The summed E-state index contributed by atoms with van der Waals surface area (Å²) < 4.78 is 19.6. The first-order valence-corrected chi connectivity index (χ1v) is 6.20. The van der Waals surface area contributed by atoms with Crippen LogP contribution in [0, 0.1) is 12.7 Å². The Balaban J connectivity index is 2.41. The third-order valence-corrected chi connectivity index (χ3v) is 3.62. The number of anilines is 1. The van der Waals surface area contributed by atoms with E-state index in [9.17, 15) is 4.39 Å². The minimum atomic E-state index is -0.623. The quantitative estimate of drug-likeness (QED) is 0.891. The predicted octanol–water partition coefficient (Wildman–Crippen LogP) is 4.32. The lowest BCUT2D eigenvalue weighted by molar-refractivity contribution is 0.425. The molecule has 0 aliphatic heterocycles. The molecule has 0 unspecified atom stereocenters. The van der Waals surface area contributed by atoms with Crippen LogP contribution in [-0.2, 0) is 0 Å². The maximum Gasteiger partial charge on any atom is 0.234 e. The Hall–Kier alpha value is -1.33. The molecule has 1 heterocycles. The van der Waals surface area contributed by atoms with Gasteiger partial charge in [0, 0.05) is 0 Å². The molecule has 0 bridgehead atoms. The van der Waals surface area contributed by atoms with Crippen LogP contribution in [-0.4, -0.2) is 4.98 Å². The monoisotopic (exact) mass is 330 g/mol. The molecule has 0 saturated carbocycles. The molecule has 6 heteroatoms. The van der Waals surface area contributed by atoms with Gasteiger partial charge in [-0.3, -0.25) is 0 Å². The summed E-state index contributed by atoms with van der Waals surface area (Å²) >= 11 is 8.98. The van der Waals surface area contributed by atoms with Crippen molar-refractivity contribution in [3.63, 3.8) is 0 Å². The molecule has 0 fully saturated rings. The van der Waals surface area contributed by atoms with E-state index in [1.165, 1.54) is 18.3 Å². The van der Waals surface area contributed by atoms with Crippen molar-refractivity contribution in [3.05, 3.63) is 45.3 Å². The van der Waals surface area contributed by atoms with Crippen molar-refractivity contribution in [1.29, 1.82) is 0 Å². The summed E-state index contributed by atoms with van der Waals surface area (Å²) in [5.74, 6) is -0.370. The van der Waals surface area contributed by atoms with Gasteiger partial charge >= 0.3 is 0 Å². The van der Waals surface area contributed by atoms with E-state index in [-0.39, 0.29) is 16.7 Å². The summed E-state index contributed by atoms with van der Waals surface area (Å²) in [6.07, 6.45) is 1.46. The molecule has 1 aromatic carbocycles. The van der Waals surface area contributed by atoms with E-state index in [2.05, 4.69) is 20.9 Å². The summed E-state index contributed by atoms with van der Waals surface area (Å²) in [6, 6.07) is 4.51. The van der Waals surface area contributed by atoms with Crippen molar-refractivity contribution >= 4 is 33.2 Å². The second-order valence-corrected chi connectivity index (χ2v) is 4.81. The molecule has 3 nitrogen and oxygen atoms in total. The van der Waals surface area contributed by atoms with Gasteiger partial charge in [-0.2, -0.15) is 0 Å². The standard InChI is InChI=1S/C12H9BrClFN2O/c1-6-8(16)5-17-12(10(6)13)18-9-4-2-3-7(14)11(9)15/h2-5H,16H2,1H3. The van der Waals surface area contributed by atoms with Crippen molar-refractivity contribution in [3.8, 4) is 11.6 Å². The molecular weight excluding hydrogens is 322 g/mol. The maximum atomic E-state index is 13.7. The van der Waals surface area contributed by atoms with Crippen LogP contribution in [0.3, 0.4) is 0 Å². The van der Waals surface area contributed by atoms with Crippen LogP contribution in [0.15, 0.2) is 28.9 Å². The number of hydrogen-bond donors (Lipinski definition) is 1. The summed E-state index contributed by atoms with van der Waals surface area (Å²) in [5, 5.41) is -0.00390.